The molecule has 2 aromatic rings. The highest BCUT2D eigenvalue weighted by Gasteiger charge is 2.09. The molecule has 2 rings (SSSR count). The van der Waals surface area contributed by atoms with Gasteiger partial charge in [0.25, 0.3) is 5.91 Å². The summed E-state index contributed by atoms with van der Waals surface area (Å²) in [4.78, 5) is 26.2. The number of hydrazine groups is 1. The Labute approximate surface area is 159 Å². The Morgan fingerprint density at radius 1 is 0.923 bits per heavy atom. The average Bonchev–Trinajstić information content (AvgIpc) is 2.68. The molecule has 0 aliphatic heterocycles. The summed E-state index contributed by atoms with van der Waals surface area (Å²) in [6, 6.07) is 17.3. The van der Waals surface area contributed by atoms with Gasteiger partial charge in [-0.05, 0) is 43.7 Å². The number of thioether (sulfide) groups is 1. The molecule has 0 bridgehead atoms. The van der Waals surface area contributed by atoms with Crippen molar-refractivity contribution in [1.29, 1.82) is 0 Å². The molecule has 0 fully saturated rings. The van der Waals surface area contributed by atoms with E-state index in [4.69, 9.17) is 0 Å². The topological polar surface area (TPSA) is 61.4 Å². The molecule has 0 aliphatic carbocycles. The standard InChI is InChI=1S/C20H25N3O2S/c1-3-23(4-2)18-12-10-17(11-13-18)20(25)22-21-19(24)15-26-14-16-8-6-5-7-9-16/h5-13H,3-4,14-15H2,1-2H3,(H,21,24)(H,22,25). The molecule has 2 aromatic carbocycles. The lowest BCUT2D eigenvalue weighted by Gasteiger charge is -2.21. The van der Waals surface area contributed by atoms with E-state index in [-0.39, 0.29) is 17.6 Å². The van der Waals surface area contributed by atoms with Gasteiger partial charge in [-0.25, -0.2) is 0 Å². The van der Waals surface area contributed by atoms with Crippen molar-refractivity contribution in [2.24, 2.45) is 0 Å². The van der Waals surface area contributed by atoms with Crippen LogP contribution in [0.25, 0.3) is 0 Å². The summed E-state index contributed by atoms with van der Waals surface area (Å²) < 4.78 is 0. The van der Waals surface area contributed by atoms with Gasteiger partial charge in [-0.3, -0.25) is 20.4 Å². The summed E-state index contributed by atoms with van der Waals surface area (Å²) in [5.74, 6) is 0.502. The molecule has 0 spiro atoms. The molecule has 0 atom stereocenters. The van der Waals surface area contributed by atoms with Gasteiger partial charge in [-0.15, -0.1) is 11.8 Å². The molecule has 0 radical (unpaired) electrons. The molecule has 0 aliphatic rings. The van der Waals surface area contributed by atoms with Crippen LogP contribution < -0.4 is 15.8 Å². The summed E-state index contributed by atoms with van der Waals surface area (Å²) in [5, 5.41) is 0. The Morgan fingerprint density at radius 3 is 2.19 bits per heavy atom. The van der Waals surface area contributed by atoms with Crippen LogP contribution in [0.5, 0.6) is 0 Å². The minimum absolute atomic E-state index is 0.223. The number of carbonyl (C=O) groups excluding carboxylic acids is 2. The monoisotopic (exact) mass is 371 g/mol. The number of nitrogens with zero attached hydrogens (tertiary/aromatic N) is 1. The van der Waals surface area contributed by atoms with Gasteiger partial charge in [0, 0.05) is 30.1 Å². The van der Waals surface area contributed by atoms with E-state index in [9.17, 15) is 9.59 Å². The zero-order valence-corrected chi connectivity index (χ0v) is 16.0. The van der Waals surface area contributed by atoms with Crippen molar-refractivity contribution in [2.45, 2.75) is 19.6 Å². The fourth-order valence-corrected chi connectivity index (χ4v) is 3.27. The van der Waals surface area contributed by atoms with E-state index in [1.807, 2.05) is 42.5 Å². The van der Waals surface area contributed by atoms with E-state index in [2.05, 4.69) is 29.6 Å². The quantitative estimate of drug-likeness (QED) is 0.700. The first-order valence-corrected chi connectivity index (χ1v) is 9.85. The number of anilines is 1. The van der Waals surface area contributed by atoms with Crippen LogP contribution in [0.1, 0.15) is 29.8 Å². The molecule has 5 nitrogen and oxygen atoms in total. The van der Waals surface area contributed by atoms with Crippen LogP contribution in [-0.4, -0.2) is 30.7 Å². The van der Waals surface area contributed by atoms with Crippen molar-refractivity contribution in [3.8, 4) is 0 Å². The zero-order valence-electron chi connectivity index (χ0n) is 15.2. The maximum atomic E-state index is 12.1. The molecule has 26 heavy (non-hydrogen) atoms. The second-order valence-corrected chi connectivity index (χ2v) is 6.69. The highest BCUT2D eigenvalue weighted by atomic mass is 32.2. The number of nitrogens with one attached hydrogen (secondary N) is 2. The number of amides is 2. The molecule has 0 aromatic heterocycles. The minimum Gasteiger partial charge on any atom is -0.372 e. The largest absolute Gasteiger partial charge is 0.372 e. The maximum absolute atomic E-state index is 12.1. The third kappa shape index (κ3) is 6.11. The van der Waals surface area contributed by atoms with E-state index >= 15 is 0 Å². The fourth-order valence-electron chi connectivity index (χ4n) is 2.48. The number of hydrogen-bond acceptors (Lipinski definition) is 4. The van der Waals surface area contributed by atoms with Gasteiger partial charge in [-0.2, -0.15) is 0 Å². The molecule has 2 N–H and O–H groups in total. The van der Waals surface area contributed by atoms with Crippen molar-refractivity contribution in [2.75, 3.05) is 23.7 Å². The van der Waals surface area contributed by atoms with Gasteiger partial charge >= 0.3 is 0 Å². The van der Waals surface area contributed by atoms with Crippen molar-refractivity contribution in [3.05, 3.63) is 65.7 Å². The lowest BCUT2D eigenvalue weighted by atomic mass is 10.2. The minimum atomic E-state index is -0.322. The lowest BCUT2D eigenvalue weighted by molar-refractivity contribution is -0.119. The SMILES string of the molecule is CCN(CC)c1ccc(C(=O)NNC(=O)CSCc2ccccc2)cc1. The van der Waals surface area contributed by atoms with Gasteiger partial charge in [0.15, 0.2) is 0 Å². The summed E-state index contributed by atoms with van der Waals surface area (Å²) in [5.41, 5.74) is 7.67. The van der Waals surface area contributed by atoms with Crippen molar-refractivity contribution >= 4 is 29.3 Å². The van der Waals surface area contributed by atoms with Crippen molar-refractivity contribution in [3.63, 3.8) is 0 Å². The van der Waals surface area contributed by atoms with Gasteiger partial charge in [-0.1, -0.05) is 30.3 Å². The van der Waals surface area contributed by atoms with Crippen LogP contribution in [0.4, 0.5) is 5.69 Å². The summed E-state index contributed by atoms with van der Waals surface area (Å²) >= 11 is 1.50. The van der Waals surface area contributed by atoms with Gasteiger partial charge in [0.1, 0.15) is 0 Å². The first-order chi connectivity index (χ1) is 12.6. The normalized spacial score (nSPS) is 10.2. The first-order valence-electron chi connectivity index (χ1n) is 8.70. The van der Waals surface area contributed by atoms with E-state index in [0.29, 0.717) is 5.56 Å². The number of rotatable bonds is 8. The van der Waals surface area contributed by atoms with Crippen LogP contribution >= 0.6 is 11.8 Å². The second kappa shape index (κ2) is 10.5. The Kier molecular flexibility index (Phi) is 8.02. The van der Waals surface area contributed by atoms with Gasteiger partial charge in [0.2, 0.25) is 5.91 Å². The number of carbonyl (C=O) groups is 2. The van der Waals surface area contributed by atoms with Gasteiger partial charge in [0.05, 0.1) is 5.75 Å². The molecule has 138 valence electrons. The van der Waals surface area contributed by atoms with Crippen LogP contribution in [0.15, 0.2) is 54.6 Å². The second-order valence-electron chi connectivity index (χ2n) is 5.70. The molecule has 0 unspecified atom stereocenters. The Hall–Kier alpha value is -2.47. The highest BCUT2D eigenvalue weighted by Crippen LogP contribution is 2.15. The van der Waals surface area contributed by atoms with Gasteiger partial charge < -0.3 is 4.90 Å². The van der Waals surface area contributed by atoms with Crippen molar-refractivity contribution < 1.29 is 9.59 Å². The summed E-state index contributed by atoms with van der Waals surface area (Å²) in [6.07, 6.45) is 0. The van der Waals surface area contributed by atoms with Crippen LogP contribution in [0.3, 0.4) is 0 Å². The zero-order chi connectivity index (χ0) is 18.8. The number of hydrogen-bond donors (Lipinski definition) is 2. The van der Waals surface area contributed by atoms with E-state index in [0.717, 1.165) is 24.5 Å². The molecular weight excluding hydrogens is 346 g/mol. The Morgan fingerprint density at radius 2 is 1.58 bits per heavy atom. The maximum Gasteiger partial charge on any atom is 0.269 e. The van der Waals surface area contributed by atoms with E-state index < -0.39 is 0 Å². The summed E-state index contributed by atoms with van der Waals surface area (Å²) in [7, 11) is 0. The summed E-state index contributed by atoms with van der Waals surface area (Å²) in [6.45, 7) is 6.02. The van der Waals surface area contributed by atoms with Crippen LogP contribution in [0, 0.1) is 0 Å². The fraction of sp³-hybridized carbons (Fsp3) is 0.300. The van der Waals surface area contributed by atoms with E-state index in [1.54, 1.807) is 12.1 Å². The first kappa shape index (κ1) is 19.8. The third-order valence-corrected chi connectivity index (χ3v) is 4.92. The molecular formula is C20H25N3O2S. The predicted octanol–water partition coefficient (Wildman–Crippen LogP) is 3.23. The Bertz CT molecular complexity index is 701. The molecule has 0 saturated heterocycles. The highest BCUT2D eigenvalue weighted by molar-refractivity contribution is 7.99. The third-order valence-electron chi connectivity index (χ3n) is 3.92. The number of benzene rings is 2. The average molecular weight is 372 g/mol. The van der Waals surface area contributed by atoms with E-state index in [1.165, 1.54) is 17.3 Å². The van der Waals surface area contributed by atoms with Crippen LogP contribution in [0.2, 0.25) is 0 Å². The molecule has 0 heterocycles. The predicted molar refractivity (Wildman–Crippen MR) is 108 cm³/mol. The lowest BCUT2D eigenvalue weighted by Crippen LogP contribution is -2.42. The van der Waals surface area contributed by atoms with Crippen molar-refractivity contribution in [1.82, 2.24) is 10.9 Å². The molecule has 2 amide bonds. The van der Waals surface area contributed by atoms with Crippen LogP contribution in [-0.2, 0) is 10.5 Å². The smallest absolute Gasteiger partial charge is 0.269 e. The Balaban J connectivity index is 1.74. The molecule has 0 saturated carbocycles. The molecule has 6 heteroatoms.